The van der Waals surface area contributed by atoms with E-state index in [9.17, 15) is 4.79 Å². The number of anilines is 1. The molecule has 0 radical (unpaired) electrons. The van der Waals surface area contributed by atoms with Gasteiger partial charge in [-0.3, -0.25) is 9.69 Å². The number of carbonyl (C=O) groups excluding carboxylic acids is 1. The second-order valence-electron chi connectivity index (χ2n) is 6.88. The predicted molar refractivity (Wildman–Crippen MR) is 100 cm³/mol. The molecule has 1 saturated heterocycles. The van der Waals surface area contributed by atoms with Gasteiger partial charge < -0.3 is 15.2 Å². The van der Waals surface area contributed by atoms with Crippen LogP contribution in [0.15, 0.2) is 12.5 Å². The SMILES string of the molecule is CN1CCN(C[C@H]2C[C@@H](n3cc(I)c4c(N)ncnc43)C2)CC1=O. The van der Waals surface area contributed by atoms with Gasteiger partial charge in [0.2, 0.25) is 5.91 Å². The van der Waals surface area contributed by atoms with Gasteiger partial charge in [0, 0.05) is 42.5 Å². The Morgan fingerprint density at radius 2 is 2.12 bits per heavy atom. The zero-order valence-electron chi connectivity index (χ0n) is 13.7. The van der Waals surface area contributed by atoms with E-state index in [1.165, 1.54) is 6.33 Å². The highest BCUT2D eigenvalue weighted by Crippen LogP contribution is 2.41. The first kappa shape index (κ1) is 16.1. The van der Waals surface area contributed by atoms with Crippen molar-refractivity contribution in [3.63, 3.8) is 0 Å². The molecule has 1 aliphatic carbocycles. The average Bonchev–Trinajstić information content (AvgIpc) is 2.84. The normalized spacial score (nSPS) is 25.2. The van der Waals surface area contributed by atoms with Gasteiger partial charge >= 0.3 is 0 Å². The number of carbonyl (C=O) groups is 1. The van der Waals surface area contributed by atoms with E-state index in [1.54, 1.807) is 0 Å². The van der Waals surface area contributed by atoms with Crippen LogP contribution in [-0.4, -0.2) is 63.5 Å². The third kappa shape index (κ3) is 2.75. The van der Waals surface area contributed by atoms with E-state index in [0.29, 0.717) is 24.3 Å². The van der Waals surface area contributed by atoms with Crippen LogP contribution >= 0.6 is 22.6 Å². The van der Waals surface area contributed by atoms with Crippen LogP contribution in [-0.2, 0) is 4.79 Å². The minimum atomic E-state index is 0.232. The number of piperazine rings is 1. The number of nitrogen functional groups attached to an aromatic ring is 1. The molecule has 1 saturated carbocycles. The number of nitrogens with two attached hydrogens (primary N) is 1. The molecule has 2 aromatic rings. The summed E-state index contributed by atoms with van der Waals surface area (Å²) < 4.78 is 3.36. The van der Waals surface area contributed by atoms with Gasteiger partial charge in [-0.1, -0.05) is 0 Å². The number of halogens is 1. The monoisotopic (exact) mass is 440 g/mol. The molecular formula is C16H21IN6O. The Morgan fingerprint density at radius 1 is 1.33 bits per heavy atom. The lowest BCUT2D eigenvalue weighted by molar-refractivity contribution is -0.134. The Labute approximate surface area is 154 Å². The highest BCUT2D eigenvalue weighted by Gasteiger charge is 2.34. The molecule has 3 heterocycles. The molecule has 0 aromatic carbocycles. The molecule has 1 amide bonds. The van der Waals surface area contributed by atoms with Crippen molar-refractivity contribution in [3.05, 3.63) is 16.1 Å². The number of aromatic nitrogens is 3. The van der Waals surface area contributed by atoms with Gasteiger partial charge in [0.05, 0.1) is 11.9 Å². The van der Waals surface area contributed by atoms with Crippen molar-refractivity contribution in [2.45, 2.75) is 18.9 Å². The number of likely N-dealkylation sites (N-methyl/N-ethyl adjacent to an activating group) is 1. The van der Waals surface area contributed by atoms with Gasteiger partial charge in [0.1, 0.15) is 17.8 Å². The molecule has 2 aromatic heterocycles. The number of nitrogens with zero attached hydrogens (tertiary/aromatic N) is 5. The van der Waals surface area contributed by atoms with Crippen LogP contribution in [0.2, 0.25) is 0 Å². The molecular weight excluding hydrogens is 419 g/mol. The van der Waals surface area contributed by atoms with E-state index in [2.05, 4.69) is 48.2 Å². The molecule has 2 aliphatic rings. The fraction of sp³-hybridized carbons (Fsp3) is 0.562. The molecule has 24 heavy (non-hydrogen) atoms. The summed E-state index contributed by atoms with van der Waals surface area (Å²) in [4.78, 5) is 24.4. The molecule has 128 valence electrons. The molecule has 0 bridgehead atoms. The van der Waals surface area contributed by atoms with Crippen LogP contribution in [0, 0.1) is 9.49 Å². The molecule has 2 fully saturated rings. The number of amides is 1. The van der Waals surface area contributed by atoms with Crippen LogP contribution in [0.4, 0.5) is 5.82 Å². The highest BCUT2D eigenvalue weighted by molar-refractivity contribution is 14.1. The summed E-state index contributed by atoms with van der Waals surface area (Å²) in [6.45, 7) is 3.40. The van der Waals surface area contributed by atoms with Crippen molar-refractivity contribution in [2.24, 2.45) is 5.92 Å². The second kappa shape index (κ2) is 6.14. The van der Waals surface area contributed by atoms with Gasteiger partial charge in [-0.15, -0.1) is 0 Å². The first-order valence-corrected chi connectivity index (χ1v) is 9.33. The molecule has 0 unspecified atom stereocenters. The zero-order valence-corrected chi connectivity index (χ0v) is 15.8. The van der Waals surface area contributed by atoms with Gasteiger partial charge in [-0.25, -0.2) is 9.97 Å². The largest absolute Gasteiger partial charge is 0.383 e. The first-order chi connectivity index (χ1) is 11.5. The van der Waals surface area contributed by atoms with Crippen LogP contribution in [0.1, 0.15) is 18.9 Å². The smallest absolute Gasteiger partial charge is 0.236 e. The maximum Gasteiger partial charge on any atom is 0.236 e. The number of fused-ring (bicyclic) bond motifs is 1. The zero-order chi connectivity index (χ0) is 16.8. The molecule has 0 atom stereocenters. The molecule has 7 nitrogen and oxygen atoms in total. The van der Waals surface area contributed by atoms with Gasteiger partial charge in [-0.05, 0) is 41.4 Å². The minimum absolute atomic E-state index is 0.232. The summed E-state index contributed by atoms with van der Waals surface area (Å²) >= 11 is 2.30. The van der Waals surface area contributed by atoms with Crippen molar-refractivity contribution in [3.8, 4) is 0 Å². The summed E-state index contributed by atoms with van der Waals surface area (Å²) in [6, 6.07) is 0.471. The van der Waals surface area contributed by atoms with E-state index < -0.39 is 0 Å². The Kier molecular flexibility index (Phi) is 4.11. The van der Waals surface area contributed by atoms with Crippen molar-refractivity contribution in [2.75, 3.05) is 39.0 Å². The fourth-order valence-corrected chi connectivity index (χ4v) is 4.56. The lowest BCUT2D eigenvalue weighted by atomic mass is 9.79. The summed E-state index contributed by atoms with van der Waals surface area (Å²) in [5.74, 6) is 1.44. The predicted octanol–water partition coefficient (Wildman–Crippen LogP) is 1.34. The third-order valence-electron chi connectivity index (χ3n) is 5.25. The number of hydrogen-bond acceptors (Lipinski definition) is 5. The standard InChI is InChI=1S/C16H21IN6O/c1-21-2-3-22(8-13(21)24)6-10-4-11(5-10)23-7-12(17)14-15(18)19-9-20-16(14)23/h7,9-11H,2-6,8H2,1H3,(H2,18,19,20)/t10-,11+. The topological polar surface area (TPSA) is 80.3 Å². The first-order valence-electron chi connectivity index (χ1n) is 8.25. The Morgan fingerprint density at radius 3 is 2.88 bits per heavy atom. The molecule has 2 N–H and O–H groups in total. The van der Waals surface area contributed by atoms with Crippen LogP contribution in [0.5, 0.6) is 0 Å². The number of hydrogen-bond donors (Lipinski definition) is 1. The molecule has 0 spiro atoms. The fourth-order valence-electron chi connectivity index (χ4n) is 3.75. The second-order valence-corrected chi connectivity index (χ2v) is 8.05. The van der Waals surface area contributed by atoms with Crippen LogP contribution < -0.4 is 5.73 Å². The van der Waals surface area contributed by atoms with Crippen LogP contribution in [0.25, 0.3) is 11.0 Å². The van der Waals surface area contributed by atoms with Gasteiger partial charge in [0.25, 0.3) is 0 Å². The van der Waals surface area contributed by atoms with E-state index in [-0.39, 0.29) is 5.91 Å². The summed E-state index contributed by atoms with van der Waals surface area (Å²) in [6.07, 6.45) is 5.93. The van der Waals surface area contributed by atoms with Gasteiger partial charge in [-0.2, -0.15) is 0 Å². The summed E-state index contributed by atoms with van der Waals surface area (Å²) in [7, 11) is 1.88. The van der Waals surface area contributed by atoms with Crippen molar-refractivity contribution in [1.29, 1.82) is 0 Å². The van der Waals surface area contributed by atoms with E-state index in [4.69, 9.17) is 5.73 Å². The van der Waals surface area contributed by atoms with E-state index in [0.717, 1.165) is 47.1 Å². The third-order valence-corrected chi connectivity index (χ3v) is 6.07. The van der Waals surface area contributed by atoms with Crippen molar-refractivity contribution in [1.82, 2.24) is 24.3 Å². The number of rotatable bonds is 3. The van der Waals surface area contributed by atoms with Gasteiger partial charge in [0.15, 0.2) is 0 Å². The minimum Gasteiger partial charge on any atom is -0.383 e. The molecule has 1 aliphatic heterocycles. The maximum atomic E-state index is 11.8. The van der Waals surface area contributed by atoms with Crippen molar-refractivity contribution >= 4 is 45.3 Å². The Bertz CT molecular complexity index is 784. The average molecular weight is 440 g/mol. The van der Waals surface area contributed by atoms with E-state index >= 15 is 0 Å². The Hall–Kier alpha value is -1.42. The molecule has 4 rings (SSSR count). The lowest BCUT2D eigenvalue weighted by Crippen LogP contribution is -2.50. The van der Waals surface area contributed by atoms with Crippen LogP contribution in [0.3, 0.4) is 0 Å². The maximum absolute atomic E-state index is 11.8. The summed E-state index contributed by atoms with van der Waals surface area (Å²) in [5, 5.41) is 0.964. The summed E-state index contributed by atoms with van der Waals surface area (Å²) in [5.41, 5.74) is 6.93. The quantitative estimate of drug-likeness (QED) is 0.729. The van der Waals surface area contributed by atoms with Crippen molar-refractivity contribution < 1.29 is 4.79 Å². The Balaban J connectivity index is 1.41. The molecule has 8 heteroatoms. The lowest BCUT2D eigenvalue weighted by Gasteiger charge is -2.41. The van der Waals surface area contributed by atoms with E-state index in [1.807, 2.05) is 11.9 Å². The highest BCUT2D eigenvalue weighted by atomic mass is 127.